The van der Waals surface area contributed by atoms with Crippen molar-refractivity contribution >= 4 is 37.1 Å². The second-order valence-electron chi connectivity index (χ2n) is 15.0. The molecular formula is C51H38N2S. The van der Waals surface area contributed by atoms with Crippen LogP contribution < -0.4 is 0 Å². The molecule has 54 heavy (non-hydrogen) atoms. The van der Waals surface area contributed by atoms with Crippen molar-refractivity contribution in [3.05, 3.63) is 209 Å². The van der Waals surface area contributed by atoms with Crippen LogP contribution in [0.4, 0.5) is 0 Å². The van der Waals surface area contributed by atoms with Crippen molar-refractivity contribution in [3.63, 3.8) is 0 Å². The van der Waals surface area contributed by atoms with Crippen LogP contribution in [-0.4, -0.2) is 9.97 Å². The number of nitrogens with zero attached hydrogens (tertiary/aromatic N) is 2. The van der Waals surface area contributed by atoms with Gasteiger partial charge in [-0.2, -0.15) is 0 Å². The van der Waals surface area contributed by atoms with Gasteiger partial charge in [0.05, 0.1) is 16.8 Å². The fourth-order valence-electron chi connectivity index (χ4n) is 9.36. The molecule has 0 amide bonds. The fourth-order valence-corrected chi connectivity index (χ4v) is 10.5. The van der Waals surface area contributed by atoms with E-state index in [0.29, 0.717) is 5.82 Å². The summed E-state index contributed by atoms with van der Waals surface area (Å²) in [5.74, 6) is 0.715. The van der Waals surface area contributed by atoms with Crippen LogP contribution >= 0.6 is 11.3 Å². The van der Waals surface area contributed by atoms with Crippen LogP contribution in [0.2, 0.25) is 0 Å². The van der Waals surface area contributed by atoms with E-state index in [4.69, 9.17) is 9.97 Å². The van der Waals surface area contributed by atoms with Gasteiger partial charge in [-0.05, 0) is 69.6 Å². The summed E-state index contributed by atoms with van der Waals surface area (Å²) in [5, 5.41) is 2.57. The van der Waals surface area contributed by atoms with Crippen molar-refractivity contribution in [1.82, 2.24) is 9.97 Å². The Labute approximate surface area is 320 Å². The number of hydrogen-bond acceptors (Lipinski definition) is 3. The van der Waals surface area contributed by atoms with Gasteiger partial charge in [-0.15, -0.1) is 11.3 Å². The van der Waals surface area contributed by atoms with E-state index in [0.717, 1.165) is 28.1 Å². The van der Waals surface area contributed by atoms with Gasteiger partial charge in [-0.25, -0.2) is 9.97 Å². The van der Waals surface area contributed by atoms with Crippen LogP contribution in [0.1, 0.15) is 54.2 Å². The van der Waals surface area contributed by atoms with Crippen LogP contribution in [0.3, 0.4) is 0 Å². The maximum atomic E-state index is 5.45. The molecule has 2 heterocycles. The average molecular weight is 711 g/mol. The highest BCUT2D eigenvalue weighted by molar-refractivity contribution is 7.25. The van der Waals surface area contributed by atoms with Crippen molar-refractivity contribution in [2.45, 2.75) is 31.6 Å². The van der Waals surface area contributed by atoms with Gasteiger partial charge in [0.15, 0.2) is 5.82 Å². The van der Waals surface area contributed by atoms with Crippen molar-refractivity contribution < 1.29 is 0 Å². The van der Waals surface area contributed by atoms with Crippen molar-refractivity contribution in [3.8, 4) is 33.9 Å². The minimum atomic E-state index is -0.485. The molecular weight excluding hydrogens is 673 g/mol. The molecule has 0 radical (unpaired) electrons. The van der Waals surface area contributed by atoms with E-state index in [2.05, 4.69) is 185 Å². The summed E-state index contributed by atoms with van der Waals surface area (Å²) in [7, 11) is 0. The van der Waals surface area contributed by atoms with Gasteiger partial charge in [0.2, 0.25) is 0 Å². The van der Waals surface area contributed by atoms with Gasteiger partial charge in [-0.1, -0.05) is 166 Å². The number of hydrogen-bond donors (Lipinski definition) is 0. The lowest BCUT2D eigenvalue weighted by atomic mass is 9.55. The van der Waals surface area contributed by atoms with E-state index in [9.17, 15) is 0 Å². The van der Waals surface area contributed by atoms with Crippen LogP contribution in [0.25, 0.3) is 59.6 Å². The predicted molar refractivity (Wildman–Crippen MR) is 228 cm³/mol. The number of fused-ring (bicyclic) bond motifs is 9. The Morgan fingerprint density at radius 3 is 1.91 bits per heavy atom. The summed E-state index contributed by atoms with van der Waals surface area (Å²) in [4.78, 5) is 10.8. The Morgan fingerprint density at radius 2 is 1.19 bits per heavy atom. The Morgan fingerprint density at radius 1 is 0.574 bits per heavy atom. The second kappa shape index (κ2) is 12.2. The SMILES string of the molecule is C=C/C=C\C1=C(C)C2(c3ccccc3C(C)(C)c3ccccc32)c2cccc(-c3nc(-c4ccccc4)cc(-c4ccc5c(c4)sc4ccccc45)n3)c21. The molecule has 10 rings (SSSR count). The van der Waals surface area contributed by atoms with E-state index in [1.165, 1.54) is 64.7 Å². The first-order valence-corrected chi connectivity index (χ1v) is 19.4. The van der Waals surface area contributed by atoms with Gasteiger partial charge in [-0.3, -0.25) is 0 Å². The van der Waals surface area contributed by atoms with Gasteiger partial charge in [0.1, 0.15) is 0 Å². The molecule has 2 nitrogen and oxygen atoms in total. The van der Waals surface area contributed by atoms with Gasteiger partial charge >= 0.3 is 0 Å². The van der Waals surface area contributed by atoms with Gasteiger partial charge < -0.3 is 0 Å². The molecule has 0 atom stereocenters. The largest absolute Gasteiger partial charge is 0.228 e. The lowest BCUT2D eigenvalue weighted by molar-refractivity contribution is 0.558. The minimum Gasteiger partial charge on any atom is -0.228 e. The Balaban J connectivity index is 1.26. The number of rotatable bonds is 5. The maximum Gasteiger partial charge on any atom is 0.161 e. The predicted octanol–water partition coefficient (Wildman–Crippen LogP) is 13.3. The van der Waals surface area contributed by atoms with Crippen molar-refractivity contribution in [2.75, 3.05) is 0 Å². The van der Waals surface area contributed by atoms with E-state index < -0.39 is 5.41 Å². The highest BCUT2D eigenvalue weighted by atomic mass is 32.1. The molecule has 258 valence electrons. The van der Waals surface area contributed by atoms with Crippen molar-refractivity contribution in [1.29, 1.82) is 0 Å². The minimum absolute atomic E-state index is 0.159. The van der Waals surface area contributed by atoms with Crippen molar-refractivity contribution in [2.24, 2.45) is 0 Å². The summed E-state index contributed by atoms with van der Waals surface area (Å²) in [5.41, 5.74) is 14.6. The van der Waals surface area contributed by atoms with E-state index in [1.807, 2.05) is 17.4 Å². The molecule has 0 saturated heterocycles. The smallest absolute Gasteiger partial charge is 0.161 e. The zero-order valence-corrected chi connectivity index (χ0v) is 31.4. The maximum absolute atomic E-state index is 5.45. The first-order valence-electron chi connectivity index (χ1n) is 18.6. The van der Waals surface area contributed by atoms with Crippen LogP contribution in [0.15, 0.2) is 176 Å². The summed E-state index contributed by atoms with van der Waals surface area (Å²) in [6.45, 7) is 11.1. The van der Waals surface area contributed by atoms with E-state index in [-0.39, 0.29) is 5.41 Å². The lowest BCUT2D eigenvalue weighted by Crippen LogP contribution is -2.40. The molecule has 1 spiro atoms. The molecule has 8 aromatic rings. The number of allylic oxidation sites excluding steroid dienone is 5. The third-order valence-electron chi connectivity index (χ3n) is 11.8. The summed E-state index contributed by atoms with van der Waals surface area (Å²) >= 11 is 1.83. The first-order chi connectivity index (χ1) is 26.4. The number of aromatic nitrogens is 2. The quantitative estimate of drug-likeness (QED) is 0.166. The van der Waals surface area contributed by atoms with Crippen LogP contribution in [-0.2, 0) is 10.8 Å². The number of benzene rings is 6. The second-order valence-corrected chi connectivity index (χ2v) is 16.0. The Bertz CT molecular complexity index is 2840. The molecule has 0 N–H and O–H groups in total. The van der Waals surface area contributed by atoms with Gasteiger partial charge in [0.25, 0.3) is 0 Å². The molecule has 0 unspecified atom stereocenters. The molecule has 0 saturated carbocycles. The fraction of sp³-hybridized carbons (Fsp3) is 0.0980. The molecule has 0 aliphatic heterocycles. The number of thiophene rings is 1. The Kier molecular flexibility index (Phi) is 7.34. The summed E-state index contributed by atoms with van der Waals surface area (Å²) in [6.07, 6.45) is 6.17. The highest BCUT2D eigenvalue weighted by Gasteiger charge is 2.53. The first kappa shape index (κ1) is 32.5. The molecule has 3 heteroatoms. The molecule has 0 bridgehead atoms. The molecule has 2 aromatic heterocycles. The topological polar surface area (TPSA) is 25.8 Å². The zero-order chi connectivity index (χ0) is 36.6. The van der Waals surface area contributed by atoms with Gasteiger partial charge in [0, 0.05) is 42.3 Å². The monoisotopic (exact) mass is 710 g/mol. The van der Waals surface area contributed by atoms with E-state index >= 15 is 0 Å². The third-order valence-corrected chi connectivity index (χ3v) is 13.0. The van der Waals surface area contributed by atoms with Crippen LogP contribution in [0.5, 0.6) is 0 Å². The lowest BCUT2D eigenvalue weighted by Gasteiger charge is -2.47. The Hall–Kier alpha value is -6.16. The average Bonchev–Trinajstić information content (AvgIpc) is 3.71. The third kappa shape index (κ3) is 4.58. The molecule has 6 aromatic carbocycles. The molecule has 2 aliphatic carbocycles. The summed E-state index contributed by atoms with van der Waals surface area (Å²) in [6, 6.07) is 52.9. The normalized spacial score (nSPS) is 15.2. The molecule has 2 aliphatic rings. The highest BCUT2D eigenvalue weighted by Crippen LogP contribution is 2.62. The summed E-state index contributed by atoms with van der Waals surface area (Å²) < 4.78 is 2.55. The van der Waals surface area contributed by atoms with Crippen LogP contribution in [0, 0.1) is 0 Å². The van der Waals surface area contributed by atoms with E-state index in [1.54, 1.807) is 0 Å². The zero-order valence-electron chi connectivity index (χ0n) is 30.6. The standard InChI is InChI=1S/C51H38N2S/c1-5-6-19-35-32(2)51(41-24-13-11-22-39(41)50(3,4)40-23-12-14-25-42(40)51)43-26-16-21-38(48(35)43)49-52-44(33-17-8-7-9-18-33)31-45(53-49)34-28-29-37-36-20-10-15-27-46(36)54-47(37)30-34/h5-31H,1H2,2-4H3/b19-6-. The molecule has 0 fully saturated rings.